The van der Waals surface area contributed by atoms with Gasteiger partial charge in [-0.3, -0.25) is 0 Å². The zero-order valence-electron chi connectivity index (χ0n) is 20.5. The van der Waals surface area contributed by atoms with Gasteiger partial charge in [0.15, 0.2) is 11.8 Å². The first-order chi connectivity index (χ1) is 15.9. The molecule has 176 valence electrons. The van der Waals surface area contributed by atoms with Crippen molar-refractivity contribution in [3.8, 4) is 0 Å². The average Bonchev–Trinajstić information content (AvgIpc) is 3.44. The van der Waals surface area contributed by atoms with Crippen molar-refractivity contribution < 1.29 is 9.47 Å². The lowest BCUT2D eigenvalue weighted by Crippen LogP contribution is -2.42. The van der Waals surface area contributed by atoms with E-state index in [1.807, 2.05) is 0 Å². The third kappa shape index (κ3) is 5.85. The van der Waals surface area contributed by atoms with E-state index in [4.69, 9.17) is 19.5 Å². The van der Waals surface area contributed by atoms with E-state index in [0.29, 0.717) is 25.0 Å². The van der Waals surface area contributed by atoms with Crippen molar-refractivity contribution >= 4 is 11.8 Å². The maximum Gasteiger partial charge on any atom is 0.199 e. The van der Waals surface area contributed by atoms with E-state index in [1.165, 1.54) is 11.1 Å². The molecule has 2 aliphatic rings. The van der Waals surface area contributed by atoms with Gasteiger partial charge in [0.25, 0.3) is 0 Å². The fourth-order valence-electron chi connectivity index (χ4n) is 5.25. The van der Waals surface area contributed by atoms with Crippen LogP contribution in [0, 0.1) is 17.3 Å². The maximum absolute atomic E-state index is 6.36. The minimum Gasteiger partial charge on any atom is -0.478 e. The summed E-state index contributed by atoms with van der Waals surface area (Å²) >= 11 is 0. The van der Waals surface area contributed by atoms with Crippen LogP contribution in [-0.2, 0) is 22.3 Å². The van der Waals surface area contributed by atoms with E-state index in [1.54, 1.807) is 0 Å². The topological polar surface area (TPSA) is 43.2 Å². The van der Waals surface area contributed by atoms with Crippen LogP contribution in [0.2, 0.25) is 0 Å². The molecular weight excluding hydrogens is 408 g/mol. The molecule has 2 aliphatic heterocycles. The van der Waals surface area contributed by atoms with Crippen LogP contribution >= 0.6 is 0 Å². The summed E-state index contributed by atoms with van der Waals surface area (Å²) in [6.07, 6.45) is 3.65. The zero-order chi connectivity index (χ0) is 23.3. The van der Waals surface area contributed by atoms with Crippen LogP contribution < -0.4 is 0 Å². The van der Waals surface area contributed by atoms with Gasteiger partial charge in [-0.15, -0.1) is 0 Å². The van der Waals surface area contributed by atoms with Gasteiger partial charge in [-0.25, -0.2) is 9.98 Å². The minimum atomic E-state index is -0.390. The summed E-state index contributed by atoms with van der Waals surface area (Å²) < 4.78 is 12.7. The number of nitrogens with zero attached hydrogens (tertiary/aromatic N) is 2. The number of hydrogen-bond donors (Lipinski definition) is 0. The Bertz CT molecular complexity index is 871. The molecule has 4 nitrogen and oxygen atoms in total. The minimum absolute atomic E-state index is 0.142. The Labute approximate surface area is 199 Å². The molecule has 0 fully saturated rings. The monoisotopic (exact) mass is 446 g/mol. The summed E-state index contributed by atoms with van der Waals surface area (Å²) in [6, 6.07) is 21.4. The predicted molar refractivity (Wildman–Crippen MR) is 136 cm³/mol. The quantitative estimate of drug-likeness (QED) is 0.440. The molecule has 0 aromatic heterocycles. The van der Waals surface area contributed by atoms with Gasteiger partial charge in [-0.2, -0.15) is 0 Å². The first kappa shape index (κ1) is 23.5. The van der Waals surface area contributed by atoms with Gasteiger partial charge < -0.3 is 9.47 Å². The Hall–Kier alpha value is -2.62. The molecule has 0 saturated heterocycles. The van der Waals surface area contributed by atoms with Gasteiger partial charge >= 0.3 is 0 Å². The van der Waals surface area contributed by atoms with Crippen LogP contribution in [-0.4, -0.2) is 37.1 Å². The Morgan fingerprint density at radius 1 is 0.697 bits per heavy atom. The normalized spacial score (nSPS) is 20.5. The second-order valence-electron chi connectivity index (χ2n) is 10.5. The highest BCUT2D eigenvalue weighted by atomic mass is 16.5. The number of hydrogen-bond acceptors (Lipinski definition) is 4. The van der Waals surface area contributed by atoms with Crippen LogP contribution in [0.25, 0.3) is 0 Å². The lowest BCUT2D eigenvalue weighted by Gasteiger charge is -2.35. The first-order valence-electron chi connectivity index (χ1n) is 12.4. The maximum atomic E-state index is 6.36. The van der Waals surface area contributed by atoms with Crippen LogP contribution in [0.4, 0.5) is 0 Å². The highest BCUT2D eigenvalue weighted by Crippen LogP contribution is 2.41. The largest absolute Gasteiger partial charge is 0.478 e. The van der Waals surface area contributed by atoms with Crippen LogP contribution in [0.15, 0.2) is 70.6 Å². The molecule has 0 N–H and O–H groups in total. The fraction of sp³-hybridized carbons (Fsp3) is 0.517. The van der Waals surface area contributed by atoms with Gasteiger partial charge in [0.2, 0.25) is 0 Å². The molecule has 2 aromatic rings. The summed E-state index contributed by atoms with van der Waals surface area (Å²) in [4.78, 5) is 10.3. The molecule has 0 bridgehead atoms. The molecule has 2 aromatic carbocycles. The molecule has 0 spiro atoms. The molecule has 0 radical (unpaired) electrons. The lowest BCUT2D eigenvalue weighted by atomic mass is 9.73. The number of benzene rings is 2. The summed E-state index contributed by atoms with van der Waals surface area (Å²) in [5.41, 5.74) is 2.21. The molecule has 0 saturated carbocycles. The van der Waals surface area contributed by atoms with Gasteiger partial charge in [0, 0.05) is 0 Å². The van der Waals surface area contributed by atoms with E-state index in [9.17, 15) is 0 Å². The average molecular weight is 447 g/mol. The van der Waals surface area contributed by atoms with Crippen molar-refractivity contribution in [2.45, 2.75) is 65.5 Å². The van der Waals surface area contributed by atoms with Crippen LogP contribution in [0.3, 0.4) is 0 Å². The third-order valence-electron chi connectivity index (χ3n) is 6.39. The molecular formula is C29H38N2O2. The van der Waals surface area contributed by atoms with Crippen molar-refractivity contribution in [2.24, 2.45) is 27.2 Å². The second kappa shape index (κ2) is 10.5. The molecule has 0 unspecified atom stereocenters. The Morgan fingerprint density at radius 3 is 1.45 bits per heavy atom. The first-order valence-corrected chi connectivity index (χ1v) is 12.4. The highest BCUT2D eigenvalue weighted by molar-refractivity contribution is 6.06. The number of rotatable bonds is 10. The van der Waals surface area contributed by atoms with Crippen LogP contribution in [0.1, 0.15) is 51.7 Å². The van der Waals surface area contributed by atoms with Crippen molar-refractivity contribution in [1.82, 2.24) is 0 Å². The molecule has 0 aliphatic carbocycles. The van der Waals surface area contributed by atoms with E-state index in [2.05, 4.69) is 88.4 Å². The molecule has 33 heavy (non-hydrogen) atoms. The number of ether oxygens (including phenoxy) is 2. The lowest BCUT2D eigenvalue weighted by molar-refractivity contribution is 0.215. The molecule has 2 heterocycles. The molecule has 4 rings (SSSR count). The SMILES string of the molecule is CC(C)CC(CC(C)C)(C1=N[C@@H](Cc2ccccc2)CO1)C1=N[C@@H](Cc2ccccc2)CO1. The summed E-state index contributed by atoms with van der Waals surface area (Å²) in [7, 11) is 0. The van der Waals surface area contributed by atoms with Gasteiger partial charge in [0.1, 0.15) is 18.6 Å². The fourth-order valence-corrected chi connectivity index (χ4v) is 5.25. The molecule has 4 heteroatoms. The Morgan fingerprint density at radius 2 is 1.09 bits per heavy atom. The van der Waals surface area contributed by atoms with E-state index in [-0.39, 0.29) is 17.5 Å². The Balaban J connectivity index is 1.62. The van der Waals surface area contributed by atoms with Crippen molar-refractivity contribution in [3.63, 3.8) is 0 Å². The van der Waals surface area contributed by atoms with Gasteiger partial charge in [0.05, 0.1) is 12.1 Å². The standard InChI is InChI=1S/C29H38N2O2/c1-21(2)17-29(18-22(3)4,27-30-25(19-32-27)15-23-11-7-5-8-12-23)28-31-26(20-33-28)16-24-13-9-6-10-14-24/h5-14,21-22,25-26H,15-20H2,1-4H3/t25-,26-/m0/s1. The smallest absolute Gasteiger partial charge is 0.199 e. The van der Waals surface area contributed by atoms with E-state index >= 15 is 0 Å². The van der Waals surface area contributed by atoms with E-state index < -0.39 is 0 Å². The van der Waals surface area contributed by atoms with Crippen molar-refractivity contribution in [1.29, 1.82) is 0 Å². The van der Waals surface area contributed by atoms with Gasteiger partial charge in [-0.05, 0) is 48.6 Å². The van der Waals surface area contributed by atoms with Crippen LogP contribution in [0.5, 0.6) is 0 Å². The summed E-state index contributed by atoms with van der Waals surface area (Å²) in [5, 5.41) is 0. The second-order valence-corrected chi connectivity index (χ2v) is 10.5. The summed E-state index contributed by atoms with van der Waals surface area (Å²) in [6.45, 7) is 10.3. The van der Waals surface area contributed by atoms with E-state index in [0.717, 1.165) is 37.5 Å². The number of aliphatic imine (C=N–C) groups is 2. The summed E-state index contributed by atoms with van der Waals surface area (Å²) in [5.74, 6) is 2.63. The highest BCUT2D eigenvalue weighted by Gasteiger charge is 2.49. The van der Waals surface area contributed by atoms with Crippen molar-refractivity contribution in [3.05, 3.63) is 71.8 Å². The molecule has 2 atom stereocenters. The van der Waals surface area contributed by atoms with Gasteiger partial charge in [-0.1, -0.05) is 88.4 Å². The molecule has 0 amide bonds. The Kier molecular flexibility index (Phi) is 7.52. The predicted octanol–water partition coefficient (Wildman–Crippen LogP) is 6.15. The van der Waals surface area contributed by atoms with Crippen molar-refractivity contribution in [2.75, 3.05) is 13.2 Å². The third-order valence-corrected chi connectivity index (χ3v) is 6.39. The zero-order valence-corrected chi connectivity index (χ0v) is 20.5.